The van der Waals surface area contributed by atoms with Crippen molar-refractivity contribution < 1.29 is 13.2 Å². The summed E-state index contributed by atoms with van der Waals surface area (Å²) in [5, 5.41) is 3.72. The lowest BCUT2D eigenvalue weighted by molar-refractivity contribution is -0.137. The summed E-state index contributed by atoms with van der Waals surface area (Å²) in [5.41, 5.74) is 1.42. The SMILES string of the molecule is C=CNCCCCCS/C(=C(\C)c1cccc(C(F)(F)F)c1)c1ccnc(SC)n1. The maximum atomic E-state index is 13.2. The van der Waals surface area contributed by atoms with Crippen molar-refractivity contribution >= 4 is 34.0 Å². The van der Waals surface area contributed by atoms with Crippen LogP contribution in [0.15, 0.2) is 54.5 Å². The second kappa shape index (κ2) is 12.1. The Morgan fingerprint density at radius 1 is 1.20 bits per heavy atom. The molecule has 0 fully saturated rings. The fraction of sp³-hybridized carbons (Fsp3) is 0.364. The van der Waals surface area contributed by atoms with Crippen molar-refractivity contribution in [3.63, 3.8) is 0 Å². The molecule has 3 nitrogen and oxygen atoms in total. The molecule has 0 atom stereocenters. The van der Waals surface area contributed by atoms with E-state index in [0.29, 0.717) is 10.7 Å². The first-order valence-corrected chi connectivity index (χ1v) is 11.8. The van der Waals surface area contributed by atoms with E-state index >= 15 is 0 Å². The summed E-state index contributed by atoms with van der Waals surface area (Å²) in [7, 11) is 0. The monoisotopic (exact) mass is 453 g/mol. The number of nitrogens with zero attached hydrogens (tertiary/aromatic N) is 2. The van der Waals surface area contributed by atoms with E-state index in [4.69, 9.17) is 0 Å². The third-order valence-corrected chi connectivity index (χ3v) is 6.23. The number of alkyl halides is 3. The van der Waals surface area contributed by atoms with E-state index in [-0.39, 0.29) is 0 Å². The van der Waals surface area contributed by atoms with Crippen LogP contribution in [0.25, 0.3) is 10.5 Å². The van der Waals surface area contributed by atoms with Crippen molar-refractivity contribution in [3.8, 4) is 0 Å². The third-order valence-electron chi connectivity index (χ3n) is 4.37. The van der Waals surface area contributed by atoms with Gasteiger partial charge in [-0.3, -0.25) is 0 Å². The van der Waals surface area contributed by atoms with Crippen LogP contribution in [0.1, 0.15) is 43.0 Å². The Morgan fingerprint density at radius 3 is 2.70 bits per heavy atom. The predicted octanol–water partition coefficient (Wildman–Crippen LogP) is 6.74. The van der Waals surface area contributed by atoms with E-state index < -0.39 is 11.7 Å². The minimum Gasteiger partial charge on any atom is -0.391 e. The van der Waals surface area contributed by atoms with Crippen LogP contribution in [0.3, 0.4) is 0 Å². The number of aromatic nitrogens is 2. The van der Waals surface area contributed by atoms with E-state index in [1.807, 2.05) is 19.2 Å². The molecule has 1 aromatic carbocycles. The summed E-state index contributed by atoms with van der Waals surface area (Å²) in [4.78, 5) is 9.68. The fourth-order valence-electron chi connectivity index (χ4n) is 2.78. The molecule has 0 saturated carbocycles. The second-order valence-electron chi connectivity index (χ2n) is 6.53. The van der Waals surface area contributed by atoms with Gasteiger partial charge in [-0.2, -0.15) is 13.2 Å². The second-order valence-corrected chi connectivity index (χ2v) is 8.41. The minimum atomic E-state index is -4.37. The summed E-state index contributed by atoms with van der Waals surface area (Å²) in [6, 6.07) is 7.27. The first-order valence-electron chi connectivity index (χ1n) is 9.59. The van der Waals surface area contributed by atoms with Crippen LogP contribution < -0.4 is 5.32 Å². The van der Waals surface area contributed by atoms with Crippen LogP contribution in [0.4, 0.5) is 13.2 Å². The highest BCUT2D eigenvalue weighted by Crippen LogP contribution is 2.37. The predicted molar refractivity (Wildman–Crippen MR) is 122 cm³/mol. The fourth-order valence-corrected chi connectivity index (χ4v) is 4.29. The summed E-state index contributed by atoms with van der Waals surface area (Å²) in [6.07, 6.45) is 4.01. The van der Waals surface area contributed by atoms with Crippen molar-refractivity contribution in [2.24, 2.45) is 0 Å². The van der Waals surface area contributed by atoms with Gasteiger partial charge >= 0.3 is 6.18 Å². The molecule has 0 aliphatic carbocycles. The zero-order valence-electron chi connectivity index (χ0n) is 17.1. The van der Waals surface area contributed by atoms with E-state index in [2.05, 4.69) is 21.9 Å². The molecular formula is C22H26F3N3S2. The van der Waals surface area contributed by atoms with Gasteiger partial charge in [-0.1, -0.05) is 36.9 Å². The number of unbranched alkanes of at least 4 members (excludes halogenated alkanes) is 2. The average Bonchev–Trinajstić information content (AvgIpc) is 2.75. The highest BCUT2D eigenvalue weighted by Gasteiger charge is 2.30. The highest BCUT2D eigenvalue weighted by molar-refractivity contribution is 8.08. The lowest BCUT2D eigenvalue weighted by atomic mass is 10.0. The van der Waals surface area contributed by atoms with E-state index in [0.717, 1.165) is 53.8 Å². The topological polar surface area (TPSA) is 37.8 Å². The molecule has 0 aliphatic heterocycles. The first-order chi connectivity index (χ1) is 14.4. The number of hydrogen-bond donors (Lipinski definition) is 1. The van der Waals surface area contributed by atoms with E-state index in [9.17, 15) is 13.2 Å². The molecule has 0 bridgehead atoms. The van der Waals surface area contributed by atoms with Gasteiger partial charge in [0, 0.05) is 17.6 Å². The lowest BCUT2D eigenvalue weighted by Crippen LogP contribution is -2.05. The van der Waals surface area contributed by atoms with Gasteiger partial charge in [0.1, 0.15) is 0 Å². The number of hydrogen-bond acceptors (Lipinski definition) is 5. The van der Waals surface area contributed by atoms with Crippen molar-refractivity contribution in [2.75, 3.05) is 18.6 Å². The molecule has 1 N–H and O–H groups in total. The third kappa shape index (κ3) is 7.40. The molecule has 0 spiro atoms. The molecule has 0 aliphatic rings. The van der Waals surface area contributed by atoms with Gasteiger partial charge in [-0.25, -0.2) is 9.97 Å². The van der Waals surface area contributed by atoms with Gasteiger partial charge in [0.15, 0.2) is 5.16 Å². The van der Waals surface area contributed by atoms with Crippen molar-refractivity contribution in [3.05, 3.63) is 66.1 Å². The number of benzene rings is 1. The standard InChI is InChI=1S/C22H26F3N3S2/c1-4-26-12-6-5-7-14-30-20(19-11-13-27-21(28-19)29-3)16(2)17-9-8-10-18(15-17)22(23,24)25/h4,8-11,13,15,26H,1,5-7,12,14H2,2-3H3/b20-16+. The van der Waals surface area contributed by atoms with Crippen LogP contribution in [0, 0.1) is 0 Å². The molecule has 0 radical (unpaired) electrons. The Hall–Kier alpha value is -1.93. The molecule has 8 heteroatoms. The molecule has 1 heterocycles. The first kappa shape index (κ1) is 24.3. The molecule has 0 amide bonds. The lowest BCUT2D eigenvalue weighted by Gasteiger charge is -2.14. The van der Waals surface area contributed by atoms with Gasteiger partial charge < -0.3 is 5.32 Å². The van der Waals surface area contributed by atoms with Crippen LogP contribution in [0.2, 0.25) is 0 Å². The Bertz CT molecular complexity index is 867. The Balaban J connectivity index is 2.28. The van der Waals surface area contributed by atoms with Crippen LogP contribution >= 0.6 is 23.5 Å². The Labute approximate surface area is 184 Å². The van der Waals surface area contributed by atoms with E-state index in [1.165, 1.54) is 23.9 Å². The summed E-state index contributed by atoms with van der Waals surface area (Å²) >= 11 is 3.07. The minimum absolute atomic E-state index is 0.548. The van der Waals surface area contributed by atoms with Gasteiger partial charge in [0.05, 0.1) is 11.3 Å². The smallest absolute Gasteiger partial charge is 0.391 e. The van der Waals surface area contributed by atoms with Crippen LogP contribution in [-0.2, 0) is 6.18 Å². The molecule has 0 saturated heterocycles. The molecular weight excluding hydrogens is 427 g/mol. The Kier molecular flexibility index (Phi) is 9.78. The number of nitrogens with one attached hydrogen (secondary N) is 1. The Morgan fingerprint density at radius 2 is 2.00 bits per heavy atom. The number of allylic oxidation sites excluding steroid dienone is 1. The molecule has 30 heavy (non-hydrogen) atoms. The van der Waals surface area contributed by atoms with Crippen molar-refractivity contribution in [2.45, 2.75) is 37.5 Å². The van der Waals surface area contributed by atoms with Gasteiger partial charge in [0.2, 0.25) is 0 Å². The molecule has 1 aromatic heterocycles. The molecule has 2 rings (SSSR count). The van der Waals surface area contributed by atoms with Gasteiger partial charge in [-0.05, 0) is 67.3 Å². The summed E-state index contributed by atoms with van der Waals surface area (Å²) < 4.78 is 39.5. The highest BCUT2D eigenvalue weighted by atomic mass is 32.2. The maximum Gasteiger partial charge on any atom is 0.416 e. The zero-order chi connectivity index (χ0) is 22.0. The normalized spacial score (nSPS) is 12.4. The molecule has 2 aromatic rings. The van der Waals surface area contributed by atoms with Gasteiger partial charge in [0.25, 0.3) is 0 Å². The summed E-state index contributed by atoms with van der Waals surface area (Å²) in [5.74, 6) is 0.859. The van der Waals surface area contributed by atoms with Crippen LogP contribution in [-0.4, -0.2) is 28.5 Å². The van der Waals surface area contributed by atoms with E-state index in [1.54, 1.807) is 30.2 Å². The van der Waals surface area contributed by atoms with Crippen LogP contribution in [0.5, 0.6) is 0 Å². The van der Waals surface area contributed by atoms with Crippen molar-refractivity contribution in [1.82, 2.24) is 15.3 Å². The quantitative estimate of drug-likeness (QED) is 0.232. The number of rotatable bonds is 11. The average molecular weight is 454 g/mol. The van der Waals surface area contributed by atoms with Crippen molar-refractivity contribution in [1.29, 1.82) is 0 Å². The maximum absolute atomic E-state index is 13.2. The zero-order valence-corrected chi connectivity index (χ0v) is 18.8. The molecule has 0 unspecified atom stereocenters. The number of thioether (sulfide) groups is 2. The van der Waals surface area contributed by atoms with Gasteiger partial charge in [-0.15, -0.1) is 11.8 Å². The molecule has 162 valence electrons. The largest absolute Gasteiger partial charge is 0.416 e. The summed E-state index contributed by atoms with van der Waals surface area (Å²) in [6.45, 7) is 6.38. The number of halogens is 3.